The van der Waals surface area contributed by atoms with Gasteiger partial charge in [0.1, 0.15) is 6.61 Å². The first-order valence-electron chi connectivity index (χ1n) is 7.62. The molecular formula is C17H17N3O4. The predicted octanol–water partition coefficient (Wildman–Crippen LogP) is 2.69. The largest absolute Gasteiger partial charge is 0.488 e. The van der Waals surface area contributed by atoms with Crippen LogP contribution in [-0.2, 0) is 4.74 Å². The zero-order chi connectivity index (χ0) is 16.9. The van der Waals surface area contributed by atoms with E-state index in [1.807, 2.05) is 0 Å². The molecule has 0 radical (unpaired) electrons. The van der Waals surface area contributed by atoms with E-state index in [0.29, 0.717) is 42.6 Å². The average molecular weight is 327 g/mol. The number of aromatic nitrogens is 1. The second-order valence-corrected chi connectivity index (χ2v) is 5.05. The fraction of sp³-hybridized carbons (Fsp3) is 0.235. The molecule has 1 aliphatic rings. The van der Waals surface area contributed by atoms with Crippen molar-refractivity contribution < 1.29 is 19.1 Å². The van der Waals surface area contributed by atoms with Gasteiger partial charge in [-0.2, -0.15) is 0 Å². The number of anilines is 2. The third kappa shape index (κ3) is 3.29. The molecule has 24 heavy (non-hydrogen) atoms. The normalized spacial score (nSPS) is 12.8. The number of nitrogens with zero attached hydrogens (tertiary/aromatic N) is 2. The van der Waals surface area contributed by atoms with Crippen molar-refractivity contribution in [1.82, 2.24) is 4.98 Å². The summed E-state index contributed by atoms with van der Waals surface area (Å²) in [5.41, 5.74) is 1.02. The molecule has 0 aliphatic carbocycles. The zero-order valence-electron chi connectivity index (χ0n) is 13.2. The molecule has 7 heteroatoms. The number of benzene rings is 1. The Balaban J connectivity index is 1.71. The molecule has 0 atom stereocenters. The number of amides is 2. The minimum Gasteiger partial charge on any atom is -0.488 e. The van der Waals surface area contributed by atoms with Crippen molar-refractivity contribution in [2.75, 3.05) is 30.0 Å². The number of fused-ring (bicyclic) bond motifs is 1. The maximum absolute atomic E-state index is 12.5. The van der Waals surface area contributed by atoms with Crippen molar-refractivity contribution in [2.24, 2.45) is 0 Å². The third-order valence-corrected chi connectivity index (χ3v) is 3.47. The van der Waals surface area contributed by atoms with Gasteiger partial charge in [-0.3, -0.25) is 4.90 Å². The molecule has 2 heterocycles. The van der Waals surface area contributed by atoms with Crippen LogP contribution in [0.4, 0.5) is 16.3 Å². The Bertz CT molecular complexity index is 746. The molecule has 0 unspecified atom stereocenters. The monoisotopic (exact) mass is 327 g/mol. The maximum atomic E-state index is 12.5. The molecule has 1 aromatic carbocycles. The molecule has 0 saturated carbocycles. The average Bonchev–Trinajstić information content (AvgIpc) is 2.62. The first-order valence-corrected chi connectivity index (χ1v) is 7.62. The summed E-state index contributed by atoms with van der Waals surface area (Å²) in [6.45, 7) is 2.89. The molecule has 7 nitrogen and oxygen atoms in total. The van der Waals surface area contributed by atoms with E-state index in [4.69, 9.17) is 9.47 Å². The minimum absolute atomic E-state index is 0.304. The van der Waals surface area contributed by atoms with Gasteiger partial charge < -0.3 is 14.8 Å². The predicted molar refractivity (Wildman–Crippen MR) is 88.5 cm³/mol. The minimum atomic E-state index is -0.387. The third-order valence-electron chi connectivity index (χ3n) is 3.47. The quantitative estimate of drug-likeness (QED) is 0.877. The van der Waals surface area contributed by atoms with E-state index in [2.05, 4.69) is 10.3 Å². The van der Waals surface area contributed by atoms with Gasteiger partial charge >= 0.3 is 12.0 Å². The number of esters is 1. The van der Waals surface area contributed by atoms with Crippen LogP contribution in [0.3, 0.4) is 0 Å². The molecule has 2 amide bonds. The maximum Gasteiger partial charge on any atom is 0.338 e. The highest BCUT2D eigenvalue weighted by Gasteiger charge is 2.24. The Morgan fingerprint density at radius 3 is 2.83 bits per heavy atom. The smallest absolute Gasteiger partial charge is 0.338 e. The Morgan fingerprint density at radius 1 is 1.29 bits per heavy atom. The number of carbonyl (C=O) groups is 2. The summed E-state index contributed by atoms with van der Waals surface area (Å²) in [4.78, 5) is 29.8. The van der Waals surface area contributed by atoms with Gasteiger partial charge in [0.25, 0.3) is 0 Å². The number of urea groups is 1. The lowest BCUT2D eigenvalue weighted by atomic mass is 10.2. The van der Waals surface area contributed by atoms with Crippen LogP contribution in [0.2, 0.25) is 0 Å². The standard InChI is InChI=1S/C17H17N3O4/c1-2-23-16(21)12-5-7-13(8-6-12)19-17(22)20-10-11-24-14-4-3-9-18-15(14)20/h3-9H,2,10-11H2,1H3,(H,19,22). The lowest BCUT2D eigenvalue weighted by Gasteiger charge is -2.28. The van der Waals surface area contributed by atoms with Gasteiger partial charge in [0.05, 0.1) is 18.7 Å². The van der Waals surface area contributed by atoms with Crippen LogP contribution in [-0.4, -0.2) is 36.7 Å². The van der Waals surface area contributed by atoms with Crippen LogP contribution in [0.5, 0.6) is 5.75 Å². The highest BCUT2D eigenvalue weighted by Crippen LogP contribution is 2.28. The van der Waals surface area contributed by atoms with Gasteiger partial charge in [-0.1, -0.05) is 0 Å². The van der Waals surface area contributed by atoms with Crippen molar-refractivity contribution in [2.45, 2.75) is 6.92 Å². The van der Waals surface area contributed by atoms with Crippen LogP contribution in [0.1, 0.15) is 17.3 Å². The molecule has 0 bridgehead atoms. The van der Waals surface area contributed by atoms with Crippen molar-refractivity contribution in [3.05, 3.63) is 48.2 Å². The van der Waals surface area contributed by atoms with E-state index in [-0.39, 0.29) is 12.0 Å². The molecular weight excluding hydrogens is 310 g/mol. The number of pyridine rings is 1. The molecule has 0 fully saturated rings. The molecule has 124 valence electrons. The Morgan fingerprint density at radius 2 is 2.08 bits per heavy atom. The lowest BCUT2D eigenvalue weighted by Crippen LogP contribution is -2.41. The van der Waals surface area contributed by atoms with Crippen molar-refractivity contribution in [1.29, 1.82) is 0 Å². The number of hydrogen-bond acceptors (Lipinski definition) is 5. The van der Waals surface area contributed by atoms with Crippen LogP contribution in [0.25, 0.3) is 0 Å². The first-order chi connectivity index (χ1) is 11.7. The second-order valence-electron chi connectivity index (χ2n) is 5.05. The number of rotatable bonds is 3. The summed E-state index contributed by atoms with van der Waals surface area (Å²) >= 11 is 0. The van der Waals surface area contributed by atoms with Gasteiger partial charge in [-0.05, 0) is 43.3 Å². The number of hydrogen-bond donors (Lipinski definition) is 1. The molecule has 0 spiro atoms. The summed E-state index contributed by atoms with van der Waals surface area (Å²) in [7, 11) is 0. The van der Waals surface area contributed by atoms with Crippen LogP contribution in [0, 0.1) is 0 Å². The molecule has 1 aromatic heterocycles. The summed E-state index contributed by atoms with van der Waals surface area (Å²) in [5.74, 6) is 0.683. The second kappa shape index (κ2) is 6.99. The van der Waals surface area contributed by atoms with E-state index < -0.39 is 0 Å². The highest BCUT2D eigenvalue weighted by molar-refractivity contribution is 6.02. The van der Waals surface area contributed by atoms with Crippen LogP contribution >= 0.6 is 0 Å². The van der Waals surface area contributed by atoms with Crippen molar-refractivity contribution in [3.63, 3.8) is 0 Å². The highest BCUT2D eigenvalue weighted by atomic mass is 16.5. The topological polar surface area (TPSA) is 80.8 Å². The van der Waals surface area contributed by atoms with Gasteiger partial charge in [-0.15, -0.1) is 0 Å². The van der Waals surface area contributed by atoms with Gasteiger partial charge in [0, 0.05) is 11.9 Å². The van der Waals surface area contributed by atoms with E-state index >= 15 is 0 Å². The van der Waals surface area contributed by atoms with E-state index in [0.717, 1.165) is 0 Å². The van der Waals surface area contributed by atoms with Crippen molar-refractivity contribution in [3.8, 4) is 5.75 Å². The first kappa shape index (κ1) is 15.8. The molecule has 2 aromatic rings. The van der Waals surface area contributed by atoms with Gasteiger partial charge in [0.2, 0.25) is 0 Å². The molecule has 1 N–H and O–H groups in total. The van der Waals surface area contributed by atoms with E-state index in [9.17, 15) is 9.59 Å². The number of nitrogens with one attached hydrogen (secondary N) is 1. The Labute approximate surface area is 139 Å². The summed E-state index contributed by atoms with van der Waals surface area (Å²) in [6, 6.07) is 9.76. The Hall–Kier alpha value is -3.09. The SMILES string of the molecule is CCOC(=O)c1ccc(NC(=O)N2CCOc3cccnc32)cc1. The molecule has 3 rings (SSSR count). The van der Waals surface area contributed by atoms with Crippen molar-refractivity contribution >= 4 is 23.5 Å². The summed E-state index contributed by atoms with van der Waals surface area (Å²) in [5, 5.41) is 2.79. The molecule has 0 saturated heterocycles. The van der Waals surface area contributed by atoms with Gasteiger partial charge in [0.15, 0.2) is 11.6 Å². The van der Waals surface area contributed by atoms with Crippen LogP contribution < -0.4 is 15.0 Å². The number of carbonyl (C=O) groups excluding carboxylic acids is 2. The zero-order valence-corrected chi connectivity index (χ0v) is 13.2. The van der Waals surface area contributed by atoms with Crippen LogP contribution in [0.15, 0.2) is 42.6 Å². The fourth-order valence-corrected chi connectivity index (χ4v) is 2.34. The lowest BCUT2D eigenvalue weighted by molar-refractivity contribution is 0.0526. The van der Waals surface area contributed by atoms with Gasteiger partial charge in [-0.25, -0.2) is 14.6 Å². The van der Waals surface area contributed by atoms with E-state index in [1.54, 1.807) is 49.5 Å². The summed E-state index contributed by atoms with van der Waals surface area (Å²) in [6.07, 6.45) is 1.61. The fourth-order valence-electron chi connectivity index (χ4n) is 2.34. The summed E-state index contributed by atoms with van der Waals surface area (Å²) < 4.78 is 10.4. The number of ether oxygens (including phenoxy) is 2. The van der Waals surface area contributed by atoms with E-state index in [1.165, 1.54) is 4.90 Å². The Kier molecular flexibility index (Phi) is 4.60. The molecule has 1 aliphatic heterocycles.